The maximum absolute atomic E-state index is 13.9. The second-order valence-corrected chi connectivity index (χ2v) is 8.74. The first-order valence-electron chi connectivity index (χ1n) is 8.99. The number of halogens is 6. The summed E-state index contributed by atoms with van der Waals surface area (Å²) in [5, 5.41) is 7.09. The zero-order valence-electron chi connectivity index (χ0n) is 16.6. The lowest BCUT2D eigenvalue weighted by Gasteiger charge is -2.11. The van der Waals surface area contributed by atoms with Crippen molar-refractivity contribution in [2.75, 3.05) is 0 Å². The molecule has 0 spiro atoms. The summed E-state index contributed by atoms with van der Waals surface area (Å²) >= 11 is 6.08. The van der Waals surface area contributed by atoms with Gasteiger partial charge in [0.2, 0.25) is 34.8 Å². The second kappa shape index (κ2) is 8.36. The van der Waals surface area contributed by atoms with Gasteiger partial charge in [-0.15, -0.1) is 0 Å². The summed E-state index contributed by atoms with van der Waals surface area (Å²) in [5.41, 5.74) is -0.310. The zero-order valence-corrected chi connectivity index (χ0v) is 18.1. The number of hydrogen-bond donors (Lipinski definition) is 0. The third kappa shape index (κ3) is 3.98. The lowest BCUT2D eigenvalue weighted by molar-refractivity contribution is 0.346. The van der Waals surface area contributed by atoms with Crippen molar-refractivity contribution < 1.29 is 39.1 Å². The first kappa shape index (κ1) is 23.6. The van der Waals surface area contributed by atoms with Crippen molar-refractivity contribution >= 4 is 32.5 Å². The van der Waals surface area contributed by atoms with Crippen LogP contribution in [0, 0.1) is 36.0 Å². The number of aryl methyl sites for hydroxylation is 1. The van der Waals surface area contributed by atoms with Crippen molar-refractivity contribution in [1.29, 1.82) is 0 Å². The smallest absolute Gasteiger partial charge is 0.339 e. The predicted molar refractivity (Wildman–Crippen MR) is 105 cm³/mol. The Hall–Kier alpha value is -3.52. The van der Waals surface area contributed by atoms with Crippen molar-refractivity contribution in [2.24, 2.45) is 0 Å². The summed E-state index contributed by atoms with van der Waals surface area (Å²) in [6, 6.07) is 4.18. The monoisotopic (exact) mass is 521 g/mol. The maximum Gasteiger partial charge on any atom is 0.339 e. The molecule has 4 aromatic rings. The fraction of sp³-hybridized carbons (Fsp3) is 0.105. The van der Waals surface area contributed by atoms with Crippen LogP contribution >= 0.6 is 11.6 Å². The van der Waals surface area contributed by atoms with Gasteiger partial charge in [-0.3, -0.25) is 4.79 Å². The number of fused-ring (bicyclic) bond motifs is 1. The minimum absolute atomic E-state index is 0.0202. The van der Waals surface area contributed by atoms with E-state index in [0.717, 1.165) is 22.9 Å². The van der Waals surface area contributed by atoms with Crippen LogP contribution < -0.4 is 9.74 Å². The van der Waals surface area contributed by atoms with Crippen molar-refractivity contribution in [3.05, 3.63) is 80.3 Å². The standard InChI is InChI=1S/C19H9ClF5N3O5S/c1-7-4-8(32-27-7)6-28-19(29)11-5-9(2-3-10(11)18(20)26-28)34(30,31)33-17-15(24)13(22)12(21)14(23)16(17)25/h2-5H,6H2,1H3. The largest absolute Gasteiger partial charge is 0.372 e. The van der Waals surface area contributed by atoms with Crippen LogP contribution in [0.3, 0.4) is 0 Å². The highest BCUT2D eigenvalue weighted by Gasteiger charge is 2.31. The van der Waals surface area contributed by atoms with E-state index in [-0.39, 0.29) is 28.2 Å². The minimum atomic E-state index is -5.17. The molecular formula is C19H9ClF5N3O5S. The van der Waals surface area contributed by atoms with Gasteiger partial charge in [0.05, 0.1) is 11.1 Å². The molecule has 0 saturated heterocycles. The van der Waals surface area contributed by atoms with Crippen LogP contribution in [0.2, 0.25) is 5.15 Å². The molecule has 4 rings (SSSR count). The number of hydrogen-bond acceptors (Lipinski definition) is 7. The minimum Gasteiger partial charge on any atom is -0.372 e. The molecule has 0 saturated carbocycles. The molecular weight excluding hydrogens is 513 g/mol. The van der Waals surface area contributed by atoms with Gasteiger partial charge in [0, 0.05) is 11.5 Å². The first-order valence-corrected chi connectivity index (χ1v) is 10.8. The quantitative estimate of drug-likeness (QED) is 0.170. The van der Waals surface area contributed by atoms with Crippen LogP contribution in [0.25, 0.3) is 10.8 Å². The van der Waals surface area contributed by atoms with Crippen LogP contribution in [-0.4, -0.2) is 23.4 Å². The van der Waals surface area contributed by atoms with Gasteiger partial charge in [0.15, 0.2) is 10.9 Å². The molecule has 0 amide bonds. The third-order valence-corrected chi connectivity index (χ3v) is 6.02. The summed E-state index contributed by atoms with van der Waals surface area (Å²) < 4.78 is 103. The Morgan fingerprint density at radius 2 is 1.62 bits per heavy atom. The van der Waals surface area contributed by atoms with Gasteiger partial charge < -0.3 is 8.71 Å². The van der Waals surface area contributed by atoms with Gasteiger partial charge in [0.25, 0.3) is 5.56 Å². The highest BCUT2D eigenvalue weighted by molar-refractivity contribution is 7.87. The second-order valence-electron chi connectivity index (χ2n) is 6.83. The summed E-state index contributed by atoms with van der Waals surface area (Å²) in [6.07, 6.45) is 0. The molecule has 2 heterocycles. The molecule has 0 unspecified atom stereocenters. The summed E-state index contributed by atoms with van der Waals surface area (Å²) in [5.74, 6) is -14.1. The first-order chi connectivity index (χ1) is 15.9. The van der Waals surface area contributed by atoms with E-state index in [4.69, 9.17) is 16.1 Å². The van der Waals surface area contributed by atoms with Gasteiger partial charge in [0.1, 0.15) is 11.4 Å². The molecule has 0 radical (unpaired) electrons. The number of aromatic nitrogens is 3. The highest BCUT2D eigenvalue weighted by atomic mass is 35.5. The maximum atomic E-state index is 13.9. The van der Waals surface area contributed by atoms with Gasteiger partial charge in [-0.05, 0) is 25.1 Å². The molecule has 8 nitrogen and oxygen atoms in total. The van der Waals surface area contributed by atoms with E-state index in [1.165, 1.54) is 6.07 Å². The molecule has 34 heavy (non-hydrogen) atoms. The van der Waals surface area contributed by atoms with E-state index in [2.05, 4.69) is 14.4 Å². The van der Waals surface area contributed by atoms with E-state index in [1.807, 2.05) is 0 Å². The van der Waals surface area contributed by atoms with Crippen molar-refractivity contribution in [3.63, 3.8) is 0 Å². The molecule has 178 valence electrons. The average Bonchev–Trinajstić information content (AvgIpc) is 3.21. The lowest BCUT2D eigenvalue weighted by Crippen LogP contribution is -2.24. The zero-order chi connectivity index (χ0) is 24.9. The Morgan fingerprint density at radius 3 is 2.21 bits per heavy atom. The van der Waals surface area contributed by atoms with E-state index in [9.17, 15) is 35.2 Å². The van der Waals surface area contributed by atoms with Gasteiger partial charge in [-0.1, -0.05) is 16.8 Å². The molecule has 15 heteroatoms. The van der Waals surface area contributed by atoms with Gasteiger partial charge >= 0.3 is 10.1 Å². The fourth-order valence-corrected chi connectivity index (χ4v) is 4.16. The Balaban J connectivity index is 1.81. The molecule has 0 N–H and O–H groups in total. The molecule has 2 aromatic heterocycles. The SMILES string of the molecule is Cc1cc(Cn2nc(Cl)c3ccc(S(=O)(=O)Oc4c(F)c(F)c(F)c(F)c4F)cc3c2=O)on1. The Labute approximate surface area is 191 Å². The molecule has 0 bridgehead atoms. The number of nitrogens with zero attached hydrogens (tertiary/aromatic N) is 3. The molecule has 0 fully saturated rings. The van der Waals surface area contributed by atoms with E-state index < -0.39 is 55.4 Å². The van der Waals surface area contributed by atoms with E-state index in [0.29, 0.717) is 5.69 Å². The third-order valence-electron chi connectivity index (χ3n) is 4.52. The van der Waals surface area contributed by atoms with Crippen molar-refractivity contribution in [1.82, 2.24) is 14.9 Å². The fourth-order valence-electron chi connectivity index (χ4n) is 2.94. The van der Waals surface area contributed by atoms with E-state index >= 15 is 0 Å². The molecule has 0 aliphatic heterocycles. The van der Waals surface area contributed by atoms with Crippen molar-refractivity contribution in [3.8, 4) is 5.75 Å². The van der Waals surface area contributed by atoms with Crippen LogP contribution in [0.15, 0.2) is 38.5 Å². The summed E-state index contributed by atoms with van der Waals surface area (Å²) in [4.78, 5) is 12.0. The number of rotatable bonds is 5. The average molecular weight is 522 g/mol. The molecule has 0 atom stereocenters. The molecule has 0 aliphatic rings. The van der Waals surface area contributed by atoms with Crippen molar-refractivity contribution in [2.45, 2.75) is 18.4 Å². The predicted octanol–water partition coefficient (Wildman–Crippen LogP) is 3.86. The Morgan fingerprint density at radius 1 is 1.00 bits per heavy atom. The lowest BCUT2D eigenvalue weighted by atomic mass is 10.2. The van der Waals surface area contributed by atoms with Gasteiger partial charge in [-0.2, -0.15) is 22.3 Å². The van der Waals surface area contributed by atoms with Crippen LogP contribution in [-0.2, 0) is 16.7 Å². The highest BCUT2D eigenvalue weighted by Crippen LogP contribution is 2.32. The molecule has 0 aliphatic carbocycles. The van der Waals surface area contributed by atoms with Crippen LogP contribution in [0.1, 0.15) is 11.5 Å². The van der Waals surface area contributed by atoms with Crippen LogP contribution in [0.4, 0.5) is 22.0 Å². The molecule has 2 aromatic carbocycles. The topological polar surface area (TPSA) is 104 Å². The Bertz CT molecular complexity index is 1610. The van der Waals surface area contributed by atoms with E-state index in [1.54, 1.807) is 6.92 Å². The Kier molecular flexibility index (Phi) is 5.81. The summed E-state index contributed by atoms with van der Waals surface area (Å²) in [6.45, 7) is 1.42. The summed E-state index contributed by atoms with van der Waals surface area (Å²) in [7, 11) is -5.17. The number of benzene rings is 2. The van der Waals surface area contributed by atoms with Crippen LogP contribution in [0.5, 0.6) is 5.75 Å². The normalized spacial score (nSPS) is 11.9. The van der Waals surface area contributed by atoms with Gasteiger partial charge in [-0.25, -0.2) is 17.9 Å².